The number of thioether (sulfide) groups is 1. The number of carbonyl (C=O) groups excluding carboxylic acids is 1. The summed E-state index contributed by atoms with van der Waals surface area (Å²) in [4.78, 5) is 26.7. The molecule has 1 aromatic heterocycles. The fraction of sp³-hybridized carbons (Fsp3) is 0.462. The quantitative estimate of drug-likeness (QED) is 0.766. The van der Waals surface area contributed by atoms with Crippen molar-refractivity contribution in [3.63, 3.8) is 0 Å². The van der Waals surface area contributed by atoms with Crippen LogP contribution in [0.15, 0.2) is 23.4 Å². The summed E-state index contributed by atoms with van der Waals surface area (Å²) in [5.74, 6) is -1.04. The van der Waals surface area contributed by atoms with Crippen molar-refractivity contribution in [1.29, 1.82) is 0 Å². The number of hydrogen-bond donors (Lipinski definition) is 2. The van der Waals surface area contributed by atoms with Gasteiger partial charge < -0.3 is 15.2 Å². The lowest BCUT2D eigenvalue weighted by molar-refractivity contribution is -0.119. The number of aromatic nitrogens is 1. The molecule has 1 amide bonds. The summed E-state index contributed by atoms with van der Waals surface area (Å²) in [7, 11) is 0. The van der Waals surface area contributed by atoms with E-state index in [4.69, 9.17) is 9.84 Å². The van der Waals surface area contributed by atoms with Crippen molar-refractivity contribution in [2.45, 2.75) is 24.0 Å². The number of rotatable bonds is 6. The summed E-state index contributed by atoms with van der Waals surface area (Å²) >= 11 is 1.12. The van der Waals surface area contributed by atoms with Gasteiger partial charge in [0.05, 0.1) is 17.4 Å². The van der Waals surface area contributed by atoms with E-state index in [2.05, 4.69) is 10.3 Å². The minimum Gasteiger partial charge on any atom is -0.478 e. The molecule has 0 radical (unpaired) electrons. The van der Waals surface area contributed by atoms with Crippen LogP contribution in [0.1, 0.15) is 23.2 Å². The van der Waals surface area contributed by atoms with Crippen molar-refractivity contribution in [2.75, 3.05) is 18.9 Å². The molecular weight excluding hydrogens is 280 g/mol. The SMILES string of the molecule is O=C(CSc1ncccc1C(=O)O)NCC1CCCO1. The van der Waals surface area contributed by atoms with Crippen LogP contribution in [0.4, 0.5) is 0 Å². The number of amides is 1. The molecule has 1 unspecified atom stereocenters. The smallest absolute Gasteiger partial charge is 0.338 e. The van der Waals surface area contributed by atoms with E-state index in [1.165, 1.54) is 12.3 Å². The minimum atomic E-state index is -1.04. The van der Waals surface area contributed by atoms with E-state index in [1.54, 1.807) is 6.07 Å². The highest BCUT2D eigenvalue weighted by molar-refractivity contribution is 8.00. The fourth-order valence-corrected chi connectivity index (χ4v) is 2.70. The van der Waals surface area contributed by atoms with Crippen LogP contribution in [0, 0.1) is 0 Å². The maximum absolute atomic E-state index is 11.7. The molecule has 1 atom stereocenters. The second-order valence-electron chi connectivity index (χ2n) is 4.39. The Morgan fingerprint density at radius 1 is 1.55 bits per heavy atom. The van der Waals surface area contributed by atoms with Gasteiger partial charge in [-0.2, -0.15) is 0 Å². The molecule has 2 heterocycles. The van der Waals surface area contributed by atoms with Crippen LogP contribution in [0.2, 0.25) is 0 Å². The molecule has 2 N–H and O–H groups in total. The van der Waals surface area contributed by atoms with Crippen molar-refractivity contribution in [3.05, 3.63) is 23.9 Å². The maximum atomic E-state index is 11.7. The Kier molecular flexibility index (Phi) is 5.37. The lowest BCUT2D eigenvalue weighted by Gasteiger charge is -2.10. The van der Waals surface area contributed by atoms with Gasteiger partial charge in [0, 0.05) is 19.3 Å². The minimum absolute atomic E-state index is 0.105. The Labute approximate surface area is 120 Å². The van der Waals surface area contributed by atoms with E-state index in [0.717, 1.165) is 31.2 Å². The van der Waals surface area contributed by atoms with Crippen LogP contribution in [0.3, 0.4) is 0 Å². The molecule has 1 aliphatic heterocycles. The highest BCUT2D eigenvalue weighted by Gasteiger charge is 2.17. The topological polar surface area (TPSA) is 88.5 Å². The molecule has 2 rings (SSSR count). The van der Waals surface area contributed by atoms with Crippen molar-refractivity contribution in [3.8, 4) is 0 Å². The second-order valence-corrected chi connectivity index (χ2v) is 5.35. The average molecular weight is 296 g/mol. The second kappa shape index (κ2) is 7.25. The van der Waals surface area contributed by atoms with Gasteiger partial charge in [0.1, 0.15) is 5.03 Å². The highest BCUT2D eigenvalue weighted by Crippen LogP contribution is 2.19. The molecule has 0 saturated carbocycles. The van der Waals surface area contributed by atoms with Gasteiger partial charge in [-0.15, -0.1) is 0 Å². The summed E-state index contributed by atoms with van der Waals surface area (Å²) in [6.45, 7) is 1.26. The molecule has 20 heavy (non-hydrogen) atoms. The van der Waals surface area contributed by atoms with E-state index >= 15 is 0 Å². The van der Waals surface area contributed by atoms with E-state index in [-0.39, 0.29) is 23.3 Å². The number of carboxylic acid groups (broad SMARTS) is 1. The third kappa shape index (κ3) is 4.21. The molecule has 1 fully saturated rings. The number of pyridine rings is 1. The third-order valence-electron chi connectivity index (χ3n) is 2.89. The lowest BCUT2D eigenvalue weighted by atomic mass is 10.2. The zero-order chi connectivity index (χ0) is 14.4. The number of aromatic carboxylic acids is 1. The Hall–Kier alpha value is -1.60. The molecule has 1 aromatic rings. The molecular formula is C13H16N2O4S. The Bertz CT molecular complexity index is 489. The normalized spacial score (nSPS) is 17.9. The third-order valence-corrected chi connectivity index (χ3v) is 3.90. The first-order valence-electron chi connectivity index (χ1n) is 6.36. The van der Waals surface area contributed by atoms with Gasteiger partial charge in [0.25, 0.3) is 0 Å². The molecule has 0 aromatic carbocycles. The Morgan fingerprint density at radius 3 is 3.10 bits per heavy atom. The van der Waals surface area contributed by atoms with E-state index in [0.29, 0.717) is 11.6 Å². The van der Waals surface area contributed by atoms with Crippen LogP contribution < -0.4 is 5.32 Å². The lowest BCUT2D eigenvalue weighted by Crippen LogP contribution is -2.32. The van der Waals surface area contributed by atoms with Crippen molar-refractivity contribution < 1.29 is 19.4 Å². The Morgan fingerprint density at radius 2 is 2.40 bits per heavy atom. The van der Waals surface area contributed by atoms with Gasteiger partial charge in [-0.05, 0) is 25.0 Å². The predicted molar refractivity (Wildman–Crippen MR) is 73.9 cm³/mol. The van der Waals surface area contributed by atoms with Crippen molar-refractivity contribution >= 4 is 23.6 Å². The zero-order valence-corrected chi connectivity index (χ0v) is 11.7. The summed E-state index contributed by atoms with van der Waals surface area (Å²) in [6, 6.07) is 3.03. The molecule has 1 aliphatic rings. The van der Waals surface area contributed by atoms with Gasteiger partial charge in [-0.1, -0.05) is 11.8 Å². The van der Waals surface area contributed by atoms with Gasteiger partial charge >= 0.3 is 5.97 Å². The van der Waals surface area contributed by atoms with Crippen LogP contribution in [0.5, 0.6) is 0 Å². The largest absolute Gasteiger partial charge is 0.478 e. The fourth-order valence-electron chi connectivity index (χ4n) is 1.89. The summed E-state index contributed by atoms with van der Waals surface area (Å²) in [5.41, 5.74) is 0.115. The van der Waals surface area contributed by atoms with Crippen LogP contribution >= 0.6 is 11.8 Å². The first-order chi connectivity index (χ1) is 9.66. The summed E-state index contributed by atoms with van der Waals surface area (Å²) in [5, 5.41) is 12.1. The summed E-state index contributed by atoms with van der Waals surface area (Å²) < 4.78 is 5.41. The van der Waals surface area contributed by atoms with Gasteiger partial charge in [-0.3, -0.25) is 4.79 Å². The first kappa shape index (κ1) is 14.8. The number of nitrogens with zero attached hydrogens (tertiary/aromatic N) is 1. The number of carbonyl (C=O) groups is 2. The molecule has 6 nitrogen and oxygen atoms in total. The number of nitrogens with one attached hydrogen (secondary N) is 1. The molecule has 0 aliphatic carbocycles. The van der Waals surface area contributed by atoms with Crippen molar-refractivity contribution in [1.82, 2.24) is 10.3 Å². The van der Waals surface area contributed by atoms with E-state index in [1.807, 2.05) is 0 Å². The highest BCUT2D eigenvalue weighted by atomic mass is 32.2. The first-order valence-corrected chi connectivity index (χ1v) is 7.35. The van der Waals surface area contributed by atoms with Gasteiger partial charge in [0.2, 0.25) is 5.91 Å². The van der Waals surface area contributed by atoms with Gasteiger partial charge in [0.15, 0.2) is 0 Å². The molecule has 1 saturated heterocycles. The maximum Gasteiger partial charge on any atom is 0.338 e. The molecule has 108 valence electrons. The van der Waals surface area contributed by atoms with Crippen LogP contribution in [-0.2, 0) is 9.53 Å². The average Bonchev–Trinajstić information content (AvgIpc) is 2.96. The molecule has 7 heteroatoms. The monoisotopic (exact) mass is 296 g/mol. The van der Waals surface area contributed by atoms with Crippen LogP contribution in [-0.4, -0.2) is 47.0 Å². The van der Waals surface area contributed by atoms with Crippen LogP contribution in [0.25, 0.3) is 0 Å². The Balaban J connectivity index is 1.79. The van der Waals surface area contributed by atoms with Gasteiger partial charge in [-0.25, -0.2) is 9.78 Å². The summed E-state index contributed by atoms with van der Waals surface area (Å²) in [6.07, 6.45) is 3.62. The number of hydrogen-bond acceptors (Lipinski definition) is 5. The molecule has 0 spiro atoms. The molecule has 0 bridgehead atoms. The van der Waals surface area contributed by atoms with E-state index in [9.17, 15) is 9.59 Å². The predicted octanol–water partition coefficient (Wildman–Crippen LogP) is 1.17. The van der Waals surface area contributed by atoms with Crippen molar-refractivity contribution in [2.24, 2.45) is 0 Å². The zero-order valence-electron chi connectivity index (χ0n) is 10.9. The standard InChI is InChI=1S/C13H16N2O4S/c16-11(15-7-9-3-2-6-19-9)8-20-12-10(13(17)18)4-1-5-14-12/h1,4-5,9H,2-3,6-8H2,(H,15,16)(H,17,18). The number of carboxylic acids is 1. The van der Waals surface area contributed by atoms with E-state index < -0.39 is 5.97 Å². The number of ether oxygens (including phenoxy) is 1.